The Morgan fingerprint density at radius 2 is 1.90 bits per heavy atom. The molecule has 2 aromatic rings. The highest BCUT2D eigenvalue weighted by Crippen LogP contribution is 2.31. The van der Waals surface area contributed by atoms with Crippen molar-refractivity contribution in [2.24, 2.45) is 0 Å². The number of fused-ring (bicyclic) bond motifs is 1. The van der Waals surface area contributed by atoms with Gasteiger partial charge in [-0.1, -0.05) is 17.3 Å². The summed E-state index contributed by atoms with van der Waals surface area (Å²) in [6.07, 6.45) is 3.55. The second kappa shape index (κ2) is 9.49. The van der Waals surface area contributed by atoms with Crippen LogP contribution in [-0.4, -0.2) is 80.1 Å². The standard InChI is InChI=1S/C22H30N6O3/c1-26-9-11-28(12-10-26)19(15-23-21(29)22(30)24-20-7-13-31-25-20)17-5-6-18-16(14-17)4-3-8-27(18)2/h5-7,13-14,19H,3-4,8-12,15H2,1-2H3,(H,23,29)(H,24,25,30). The molecule has 1 aromatic heterocycles. The minimum absolute atomic E-state index is 0.00929. The molecule has 0 spiro atoms. The molecule has 2 aliphatic heterocycles. The number of anilines is 2. The highest BCUT2D eigenvalue weighted by Gasteiger charge is 2.27. The largest absolute Gasteiger partial charge is 0.374 e. The lowest BCUT2D eigenvalue weighted by atomic mass is 9.95. The van der Waals surface area contributed by atoms with Gasteiger partial charge in [-0.15, -0.1) is 0 Å². The van der Waals surface area contributed by atoms with Crippen LogP contribution < -0.4 is 15.5 Å². The summed E-state index contributed by atoms with van der Waals surface area (Å²) >= 11 is 0. The fourth-order valence-electron chi connectivity index (χ4n) is 4.32. The van der Waals surface area contributed by atoms with E-state index < -0.39 is 11.8 Å². The number of aromatic nitrogens is 1. The number of piperazine rings is 1. The van der Waals surface area contributed by atoms with Gasteiger partial charge in [-0.2, -0.15) is 0 Å². The molecule has 1 atom stereocenters. The number of rotatable bonds is 5. The molecule has 2 amide bonds. The first-order valence-electron chi connectivity index (χ1n) is 10.8. The van der Waals surface area contributed by atoms with Gasteiger partial charge in [0.1, 0.15) is 6.26 Å². The smallest absolute Gasteiger partial charge is 0.314 e. The quantitative estimate of drug-likeness (QED) is 0.692. The molecular weight excluding hydrogens is 396 g/mol. The molecule has 1 fully saturated rings. The summed E-state index contributed by atoms with van der Waals surface area (Å²) in [4.78, 5) is 31.6. The van der Waals surface area contributed by atoms with Gasteiger partial charge in [-0.3, -0.25) is 19.8 Å². The molecule has 3 heterocycles. The molecular formula is C22H30N6O3. The van der Waals surface area contributed by atoms with Crippen LogP contribution in [0.5, 0.6) is 0 Å². The number of amides is 2. The third-order valence-electron chi connectivity index (χ3n) is 6.16. The topological polar surface area (TPSA) is 93.9 Å². The Balaban J connectivity index is 1.48. The Morgan fingerprint density at radius 3 is 2.65 bits per heavy atom. The first kappa shape index (κ1) is 21.3. The van der Waals surface area contributed by atoms with Crippen molar-refractivity contribution in [2.75, 3.05) is 63.6 Å². The molecule has 166 valence electrons. The second-order valence-electron chi connectivity index (χ2n) is 8.32. The van der Waals surface area contributed by atoms with Crippen molar-refractivity contribution >= 4 is 23.3 Å². The molecule has 2 N–H and O–H groups in total. The van der Waals surface area contributed by atoms with Gasteiger partial charge in [0.15, 0.2) is 5.82 Å². The van der Waals surface area contributed by atoms with E-state index in [1.165, 1.54) is 29.1 Å². The van der Waals surface area contributed by atoms with Gasteiger partial charge < -0.3 is 19.6 Å². The summed E-state index contributed by atoms with van der Waals surface area (Å²) in [5, 5.41) is 8.86. The van der Waals surface area contributed by atoms with E-state index in [2.05, 4.69) is 67.3 Å². The molecule has 0 bridgehead atoms. The molecule has 4 rings (SSSR count). The predicted octanol–water partition coefficient (Wildman–Crippen LogP) is 1.10. The maximum Gasteiger partial charge on any atom is 0.314 e. The highest BCUT2D eigenvalue weighted by molar-refractivity contribution is 6.39. The lowest BCUT2D eigenvalue weighted by Gasteiger charge is -2.39. The molecule has 0 saturated carbocycles. The predicted molar refractivity (Wildman–Crippen MR) is 118 cm³/mol. The van der Waals surface area contributed by atoms with E-state index in [-0.39, 0.29) is 11.9 Å². The first-order chi connectivity index (χ1) is 15.0. The van der Waals surface area contributed by atoms with Crippen LogP contribution in [0.1, 0.15) is 23.6 Å². The van der Waals surface area contributed by atoms with Gasteiger partial charge >= 0.3 is 11.8 Å². The van der Waals surface area contributed by atoms with Crippen molar-refractivity contribution in [3.8, 4) is 0 Å². The molecule has 0 aliphatic carbocycles. The number of hydrogen-bond donors (Lipinski definition) is 2. The Kier molecular flexibility index (Phi) is 6.53. The summed E-state index contributed by atoms with van der Waals surface area (Å²) in [6, 6.07) is 8.12. The second-order valence-corrected chi connectivity index (χ2v) is 8.32. The first-order valence-corrected chi connectivity index (χ1v) is 10.8. The van der Waals surface area contributed by atoms with E-state index in [9.17, 15) is 9.59 Å². The molecule has 2 aliphatic rings. The molecule has 1 saturated heterocycles. The van der Waals surface area contributed by atoms with Crippen LogP contribution in [0.15, 0.2) is 35.1 Å². The maximum absolute atomic E-state index is 12.4. The van der Waals surface area contributed by atoms with E-state index in [0.717, 1.165) is 45.6 Å². The minimum atomic E-state index is -0.752. The van der Waals surface area contributed by atoms with E-state index >= 15 is 0 Å². The van der Waals surface area contributed by atoms with Crippen molar-refractivity contribution in [1.29, 1.82) is 0 Å². The third kappa shape index (κ3) is 5.05. The monoisotopic (exact) mass is 426 g/mol. The van der Waals surface area contributed by atoms with Gasteiger partial charge in [0.05, 0.1) is 6.04 Å². The van der Waals surface area contributed by atoms with Crippen LogP contribution >= 0.6 is 0 Å². The molecule has 9 heteroatoms. The van der Waals surface area contributed by atoms with Gasteiger partial charge in [-0.25, -0.2) is 0 Å². The Hall–Kier alpha value is -2.91. The summed E-state index contributed by atoms with van der Waals surface area (Å²) in [7, 11) is 4.25. The van der Waals surface area contributed by atoms with E-state index in [1.54, 1.807) is 0 Å². The summed E-state index contributed by atoms with van der Waals surface area (Å²) in [5.41, 5.74) is 3.81. The molecule has 0 radical (unpaired) electrons. The average Bonchev–Trinajstić information content (AvgIpc) is 3.28. The number of likely N-dealkylation sites (N-methyl/N-ethyl adjacent to an activating group) is 1. The lowest BCUT2D eigenvalue weighted by molar-refractivity contribution is -0.136. The van der Waals surface area contributed by atoms with Crippen LogP contribution in [0.25, 0.3) is 0 Å². The SMILES string of the molecule is CN1CCN(C(CNC(=O)C(=O)Nc2ccon2)c2ccc3c(c2)CCCN3C)CC1. The molecule has 1 aromatic carbocycles. The Bertz CT molecular complexity index is 908. The van der Waals surface area contributed by atoms with Crippen molar-refractivity contribution in [1.82, 2.24) is 20.3 Å². The molecule has 9 nitrogen and oxygen atoms in total. The van der Waals surface area contributed by atoms with Crippen LogP contribution in [0.2, 0.25) is 0 Å². The normalized spacial score (nSPS) is 18.3. The Morgan fingerprint density at radius 1 is 1.10 bits per heavy atom. The average molecular weight is 427 g/mol. The van der Waals surface area contributed by atoms with Crippen molar-refractivity contribution in [3.05, 3.63) is 41.7 Å². The van der Waals surface area contributed by atoms with E-state index in [0.29, 0.717) is 6.54 Å². The maximum atomic E-state index is 12.4. The van der Waals surface area contributed by atoms with Crippen molar-refractivity contribution < 1.29 is 14.1 Å². The van der Waals surface area contributed by atoms with Crippen molar-refractivity contribution in [3.63, 3.8) is 0 Å². The van der Waals surface area contributed by atoms with Gasteiger partial charge in [0.2, 0.25) is 0 Å². The zero-order valence-electron chi connectivity index (χ0n) is 18.1. The van der Waals surface area contributed by atoms with Crippen LogP contribution in [0, 0.1) is 0 Å². The number of benzene rings is 1. The fourth-order valence-corrected chi connectivity index (χ4v) is 4.32. The van der Waals surface area contributed by atoms with E-state index in [1.807, 2.05) is 0 Å². The van der Waals surface area contributed by atoms with Crippen LogP contribution in [0.3, 0.4) is 0 Å². The minimum Gasteiger partial charge on any atom is -0.374 e. The third-order valence-corrected chi connectivity index (χ3v) is 6.16. The molecule has 1 unspecified atom stereocenters. The fraction of sp³-hybridized carbons (Fsp3) is 0.500. The van der Waals surface area contributed by atoms with Crippen LogP contribution in [0.4, 0.5) is 11.5 Å². The van der Waals surface area contributed by atoms with Crippen LogP contribution in [-0.2, 0) is 16.0 Å². The summed E-state index contributed by atoms with van der Waals surface area (Å²) < 4.78 is 4.68. The number of carbonyl (C=O) groups is 2. The zero-order valence-corrected chi connectivity index (χ0v) is 18.1. The number of hydrogen-bond acceptors (Lipinski definition) is 7. The number of nitrogens with zero attached hydrogens (tertiary/aromatic N) is 4. The van der Waals surface area contributed by atoms with Gasteiger partial charge in [0.25, 0.3) is 0 Å². The number of aryl methyl sites for hydroxylation is 1. The highest BCUT2D eigenvalue weighted by atomic mass is 16.5. The number of carbonyl (C=O) groups excluding carboxylic acids is 2. The summed E-state index contributed by atoms with van der Waals surface area (Å²) in [6.45, 7) is 5.22. The summed E-state index contributed by atoms with van der Waals surface area (Å²) in [5.74, 6) is -1.22. The number of nitrogens with one attached hydrogen (secondary N) is 2. The van der Waals surface area contributed by atoms with Crippen molar-refractivity contribution in [2.45, 2.75) is 18.9 Å². The zero-order chi connectivity index (χ0) is 21.8. The van der Waals surface area contributed by atoms with Gasteiger partial charge in [0, 0.05) is 58.1 Å². The Labute approximate surface area is 182 Å². The lowest BCUT2D eigenvalue weighted by Crippen LogP contribution is -2.49. The van der Waals surface area contributed by atoms with E-state index in [4.69, 9.17) is 0 Å². The molecule has 31 heavy (non-hydrogen) atoms. The van der Waals surface area contributed by atoms with Gasteiger partial charge in [-0.05, 0) is 37.1 Å².